The van der Waals surface area contributed by atoms with Crippen molar-refractivity contribution < 1.29 is 8.42 Å². The number of nitrogens with zero attached hydrogens (tertiary/aromatic N) is 2. The second-order valence-corrected chi connectivity index (χ2v) is 8.52. The van der Waals surface area contributed by atoms with Gasteiger partial charge in [-0.2, -0.15) is 0 Å². The summed E-state index contributed by atoms with van der Waals surface area (Å²) >= 11 is 3.51. The molecule has 2 aromatic carbocycles. The lowest BCUT2D eigenvalue weighted by Gasteiger charge is -2.23. The maximum absolute atomic E-state index is 13.3. The van der Waals surface area contributed by atoms with Crippen LogP contribution in [0.5, 0.6) is 0 Å². The number of rotatable bonds is 3. The maximum atomic E-state index is 13.3. The van der Waals surface area contributed by atoms with Gasteiger partial charge in [0.15, 0.2) is 0 Å². The Hall–Kier alpha value is -1.66. The Kier molecular flexibility index (Phi) is 4.53. The molecule has 3 rings (SSSR count). The van der Waals surface area contributed by atoms with Gasteiger partial charge in [-0.15, -0.1) is 0 Å². The van der Waals surface area contributed by atoms with E-state index in [-0.39, 0.29) is 0 Å². The van der Waals surface area contributed by atoms with Crippen molar-refractivity contribution in [1.82, 2.24) is 4.31 Å². The van der Waals surface area contributed by atoms with Crippen molar-refractivity contribution in [3.8, 4) is 0 Å². The van der Waals surface area contributed by atoms with Gasteiger partial charge in [-0.05, 0) is 37.5 Å². The van der Waals surface area contributed by atoms with Crippen molar-refractivity contribution in [2.45, 2.75) is 25.7 Å². The van der Waals surface area contributed by atoms with E-state index in [9.17, 15) is 8.42 Å². The number of hydrogen-bond donors (Lipinski definition) is 0. The van der Waals surface area contributed by atoms with E-state index in [4.69, 9.17) is 0 Å². The summed E-state index contributed by atoms with van der Waals surface area (Å²) in [4.78, 5) is 4.80. The summed E-state index contributed by atoms with van der Waals surface area (Å²) in [6.07, 6.45) is 0. The minimum atomic E-state index is -3.66. The molecule has 1 aliphatic heterocycles. The first kappa shape index (κ1) is 17.2. The van der Waals surface area contributed by atoms with Crippen molar-refractivity contribution in [1.29, 1.82) is 0 Å². The first-order valence-electron chi connectivity index (χ1n) is 7.73. The van der Waals surface area contributed by atoms with Crippen molar-refractivity contribution in [3.05, 3.63) is 63.1 Å². The zero-order chi connectivity index (χ0) is 17.5. The molecule has 0 atom stereocenters. The molecular weight excluding hydrogens is 388 g/mol. The van der Waals surface area contributed by atoms with Crippen LogP contribution in [0.3, 0.4) is 0 Å². The molecule has 0 aliphatic carbocycles. The Bertz CT molecular complexity index is 922. The molecule has 0 unspecified atom stereocenters. The highest BCUT2D eigenvalue weighted by Gasteiger charge is 2.34. The third-order valence-corrected chi connectivity index (χ3v) is 7.49. The Morgan fingerprint density at radius 3 is 2.42 bits per heavy atom. The van der Waals surface area contributed by atoms with Gasteiger partial charge in [-0.25, -0.2) is 12.7 Å². The van der Waals surface area contributed by atoms with Crippen LogP contribution in [0.1, 0.15) is 22.3 Å². The summed E-state index contributed by atoms with van der Waals surface area (Å²) in [5.74, 6) is 0.520. The van der Waals surface area contributed by atoms with Crippen LogP contribution in [0.15, 0.2) is 50.8 Å². The van der Waals surface area contributed by atoms with Crippen LogP contribution in [0.25, 0.3) is 0 Å². The Morgan fingerprint density at radius 1 is 1.08 bits per heavy atom. The van der Waals surface area contributed by atoms with Crippen molar-refractivity contribution >= 4 is 31.8 Å². The number of halogens is 1. The fraction of sp³-hybridized carbons (Fsp3) is 0.278. The molecule has 4 nitrogen and oxygen atoms in total. The molecule has 1 aliphatic rings. The molecule has 1 heterocycles. The molecular formula is C18H19BrN2O2S. The van der Waals surface area contributed by atoms with Gasteiger partial charge < -0.3 is 0 Å². The average molecular weight is 407 g/mol. The SMILES string of the molecule is Cc1cc(C)c(S(=O)(=O)N2CCN=C2c2ccccc2)c(C)c1Br. The van der Waals surface area contributed by atoms with E-state index in [1.54, 1.807) is 0 Å². The Labute approximate surface area is 151 Å². The lowest BCUT2D eigenvalue weighted by Crippen LogP contribution is -2.35. The highest BCUT2D eigenvalue weighted by atomic mass is 79.9. The summed E-state index contributed by atoms with van der Waals surface area (Å²) < 4.78 is 29.0. The van der Waals surface area contributed by atoms with E-state index in [1.807, 2.05) is 57.2 Å². The van der Waals surface area contributed by atoms with E-state index < -0.39 is 10.0 Å². The van der Waals surface area contributed by atoms with Crippen LogP contribution in [0, 0.1) is 20.8 Å². The van der Waals surface area contributed by atoms with Gasteiger partial charge in [0.2, 0.25) is 0 Å². The lowest BCUT2D eigenvalue weighted by molar-refractivity contribution is 0.536. The van der Waals surface area contributed by atoms with Crippen LogP contribution in [0.2, 0.25) is 0 Å². The highest BCUT2D eigenvalue weighted by Crippen LogP contribution is 2.33. The quantitative estimate of drug-likeness (QED) is 0.777. The molecule has 0 fully saturated rings. The number of benzene rings is 2. The lowest BCUT2D eigenvalue weighted by atomic mass is 10.1. The molecule has 0 aromatic heterocycles. The van der Waals surface area contributed by atoms with Gasteiger partial charge in [0.1, 0.15) is 5.84 Å². The third-order valence-electron chi connectivity index (χ3n) is 4.19. The molecule has 0 N–H and O–H groups in total. The average Bonchev–Trinajstić information content (AvgIpc) is 3.04. The van der Waals surface area contributed by atoms with Gasteiger partial charge in [0.05, 0.1) is 18.0 Å². The molecule has 0 amide bonds. The van der Waals surface area contributed by atoms with Gasteiger partial charge in [0, 0.05) is 10.0 Å². The molecule has 0 saturated carbocycles. The molecule has 24 heavy (non-hydrogen) atoms. The van der Waals surface area contributed by atoms with Gasteiger partial charge in [-0.1, -0.05) is 52.3 Å². The van der Waals surface area contributed by atoms with Gasteiger partial charge in [0.25, 0.3) is 10.0 Å². The van der Waals surface area contributed by atoms with E-state index in [0.29, 0.717) is 23.8 Å². The number of aliphatic imine (C=N–C) groups is 1. The zero-order valence-electron chi connectivity index (χ0n) is 13.9. The molecule has 0 radical (unpaired) electrons. The van der Waals surface area contributed by atoms with Crippen molar-refractivity contribution in [2.24, 2.45) is 4.99 Å². The first-order chi connectivity index (χ1) is 11.3. The molecule has 6 heteroatoms. The summed E-state index contributed by atoms with van der Waals surface area (Å²) in [6.45, 7) is 6.50. The molecule has 2 aromatic rings. The van der Waals surface area contributed by atoms with E-state index in [1.165, 1.54) is 4.31 Å². The Balaban J connectivity index is 2.13. The van der Waals surface area contributed by atoms with E-state index >= 15 is 0 Å². The first-order valence-corrected chi connectivity index (χ1v) is 9.96. The molecule has 126 valence electrons. The second-order valence-electron chi connectivity index (χ2n) is 5.93. The number of amidine groups is 1. The molecule has 0 saturated heterocycles. The summed E-state index contributed by atoms with van der Waals surface area (Å²) in [6, 6.07) is 11.4. The fourth-order valence-electron chi connectivity index (χ4n) is 3.14. The predicted molar refractivity (Wildman–Crippen MR) is 100 cm³/mol. The Morgan fingerprint density at radius 2 is 1.75 bits per heavy atom. The van der Waals surface area contributed by atoms with Crippen molar-refractivity contribution in [3.63, 3.8) is 0 Å². The third kappa shape index (κ3) is 2.78. The monoisotopic (exact) mass is 406 g/mol. The van der Waals surface area contributed by atoms with Gasteiger partial charge in [-0.3, -0.25) is 4.99 Å². The zero-order valence-corrected chi connectivity index (χ0v) is 16.3. The number of sulfonamides is 1. The number of aryl methyl sites for hydroxylation is 2. The normalized spacial score (nSPS) is 14.8. The van der Waals surface area contributed by atoms with Crippen LogP contribution in [0.4, 0.5) is 0 Å². The second kappa shape index (κ2) is 6.33. The van der Waals surface area contributed by atoms with Crippen LogP contribution in [-0.4, -0.2) is 31.6 Å². The smallest absolute Gasteiger partial charge is 0.265 e. The summed E-state index contributed by atoms with van der Waals surface area (Å²) in [7, 11) is -3.66. The summed E-state index contributed by atoms with van der Waals surface area (Å²) in [5, 5.41) is 0. The van der Waals surface area contributed by atoms with Crippen LogP contribution >= 0.6 is 15.9 Å². The summed E-state index contributed by atoms with van der Waals surface area (Å²) in [5.41, 5.74) is 3.35. The number of hydrogen-bond acceptors (Lipinski definition) is 3. The fourth-order valence-corrected chi connectivity index (χ4v) is 5.47. The standard InChI is InChI=1S/C18H19BrN2O2S/c1-12-11-13(2)17(14(3)16(12)19)24(22,23)21-10-9-20-18(21)15-7-5-4-6-8-15/h4-8,11H,9-10H2,1-3H3. The molecule has 0 bridgehead atoms. The van der Waals surface area contributed by atoms with Crippen molar-refractivity contribution in [2.75, 3.05) is 13.1 Å². The minimum Gasteiger partial charge on any atom is -0.265 e. The molecule has 0 spiro atoms. The predicted octanol–water partition coefficient (Wildman–Crippen LogP) is 3.83. The van der Waals surface area contributed by atoms with Crippen LogP contribution in [-0.2, 0) is 10.0 Å². The maximum Gasteiger partial charge on any atom is 0.266 e. The van der Waals surface area contributed by atoms with Gasteiger partial charge >= 0.3 is 0 Å². The van der Waals surface area contributed by atoms with E-state index in [0.717, 1.165) is 26.7 Å². The van der Waals surface area contributed by atoms with Crippen LogP contribution < -0.4 is 0 Å². The topological polar surface area (TPSA) is 49.7 Å². The largest absolute Gasteiger partial charge is 0.266 e. The van der Waals surface area contributed by atoms with E-state index in [2.05, 4.69) is 20.9 Å². The highest BCUT2D eigenvalue weighted by molar-refractivity contribution is 9.10. The minimum absolute atomic E-state index is 0.366.